The van der Waals surface area contributed by atoms with Gasteiger partial charge in [0.05, 0.1) is 0 Å². The molecule has 0 aliphatic heterocycles. The van der Waals surface area contributed by atoms with E-state index in [1.54, 1.807) is 24.8 Å². The molecule has 14 aromatic rings. The van der Waals surface area contributed by atoms with E-state index in [-0.39, 0.29) is 0 Å². The molecule has 10 nitrogen and oxygen atoms in total. The van der Waals surface area contributed by atoms with E-state index in [2.05, 4.69) is 190 Å². The average molecular weight is 973 g/mol. The first-order chi connectivity index (χ1) is 37.6. The van der Waals surface area contributed by atoms with E-state index in [9.17, 15) is 0 Å². The van der Waals surface area contributed by atoms with Gasteiger partial charge in [0.1, 0.15) is 0 Å². The number of nitrogens with zero attached hydrogens (tertiary/aromatic N) is 10. The molecule has 0 saturated heterocycles. The van der Waals surface area contributed by atoms with Crippen molar-refractivity contribution in [2.24, 2.45) is 0 Å². The van der Waals surface area contributed by atoms with Crippen LogP contribution in [0, 0.1) is 0 Å². The Bertz CT molecular complexity index is 3900. The Kier molecular flexibility index (Phi) is 10.9. The van der Waals surface area contributed by atoms with Crippen LogP contribution in [0.25, 0.3) is 145 Å². The molecule has 6 aromatic heterocycles. The van der Waals surface area contributed by atoms with Crippen LogP contribution < -0.4 is 0 Å². The predicted octanol–water partition coefficient (Wildman–Crippen LogP) is 15.2. The molecule has 0 N–H and O–H groups in total. The summed E-state index contributed by atoms with van der Waals surface area (Å²) < 4.78 is 0. The smallest absolute Gasteiger partial charge is 0.164 e. The largest absolute Gasteiger partial charge is 0.264 e. The van der Waals surface area contributed by atoms with Crippen LogP contribution >= 0.6 is 0 Å². The molecule has 354 valence electrons. The minimum Gasteiger partial charge on any atom is -0.264 e. The van der Waals surface area contributed by atoms with Crippen molar-refractivity contribution in [2.75, 3.05) is 0 Å². The summed E-state index contributed by atoms with van der Waals surface area (Å²) in [5.74, 6) is 3.43. The van der Waals surface area contributed by atoms with Crippen LogP contribution in [0.1, 0.15) is 0 Å². The Balaban J connectivity index is 0.912. The normalized spacial score (nSPS) is 11.4. The molecule has 0 fully saturated rings. The minimum atomic E-state index is 0.571. The molecule has 76 heavy (non-hydrogen) atoms. The third-order valence-electron chi connectivity index (χ3n) is 14.0. The maximum atomic E-state index is 5.26. The van der Waals surface area contributed by atoms with Gasteiger partial charge in [-0.15, -0.1) is 0 Å². The molecule has 0 aliphatic carbocycles. The van der Waals surface area contributed by atoms with Crippen LogP contribution in [0.5, 0.6) is 0 Å². The standard InChI is InChI=1S/C66H40N10/c1-5-51(37-67-33-1)41-9-17-47(18-10-41)61-71-62(48-19-11-42(12-20-48)52-6-2-34-68-38-52)74-65(73-61)57-31-27-45-26-30-56-58(32-28-46-25-29-55(57)59(45)60(46)56)66-75-63(49-21-13-43(14-22-49)53-7-3-35-69-39-53)72-64(76-66)50-23-15-44(16-24-50)54-8-4-36-70-40-54/h1-40H. The van der Waals surface area contributed by atoms with E-state index in [1.807, 2.05) is 49.1 Å². The van der Waals surface area contributed by atoms with E-state index in [0.717, 1.165) is 110 Å². The summed E-state index contributed by atoms with van der Waals surface area (Å²) in [7, 11) is 0. The summed E-state index contributed by atoms with van der Waals surface area (Å²) in [4.78, 5) is 48.7. The maximum absolute atomic E-state index is 5.26. The van der Waals surface area contributed by atoms with Crippen molar-refractivity contribution < 1.29 is 0 Å². The molecule has 0 atom stereocenters. The number of benzene rings is 8. The van der Waals surface area contributed by atoms with Gasteiger partial charge in [-0.3, -0.25) is 19.9 Å². The second-order valence-corrected chi connectivity index (χ2v) is 18.5. The Morgan fingerprint density at radius 3 is 0.711 bits per heavy atom. The van der Waals surface area contributed by atoms with E-state index in [4.69, 9.17) is 29.9 Å². The van der Waals surface area contributed by atoms with Gasteiger partial charge in [0.2, 0.25) is 0 Å². The van der Waals surface area contributed by atoms with Gasteiger partial charge in [-0.25, -0.2) is 29.9 Å². The number of aromatic nitrogens is 10. The summed E-state index contributed by atoms with van der Waals surface area (Å²) in [6, 6.07) is 66.6. The van der Waals surface area contributed by atoms with Crippen LogP contribution in [0.3, 0.4) is 0 Å². The second kappa shape index (κ2) is 18.8. The topological polar surface area (TPSA) is 129 Å². The summed E-state index contributed by atoms with van der Waals surface area (Å²) in [5, 5.41) is 6.44. The monoisotopic (exact) mass is 972 g/mol. The third kappa shape index (κ3) is 8.22. The maximum Gasteiger partial charge on any atom is 0.164 e. The van der Waals surface area contributed by atoms with Gasteiger partial charge < -0.3 is 0 Å². The lowest BCUT2D eigenvalue weighted by Crippen LogP contribution is -2.01. The third-order valence-corrected chi connectivity index (χ3v) is 14.0. The Morgan fingerprint density at radius 1 is 0.197 bits per heavy atom. The van der Waals surface area contributed by atoms with Crippen molar-refractivity contribution in [2.45, 2.75) is 0 Å². The van der Waals surface area contributed by atoms with Crippen molar-refractivity contribution in [3.63, 3.8) is 0 Å². The lowest BCUT2D eigenvalue weighted by molar-refractivity contribution is 1.08. The molecular formula is C66H40N10. The molecule has 10 heteroatoms. The fraction of sp³-hybridized carbons (Fsp3) is 0. The lowest BCUT2D eigenvalue weighted by Gasteiger charge is -2.16. The van der Waals surface area contributed by atoms with Gasteiger partial charge in [0.25, 0.3) is 0 Å². The Labute approximate surface area is 436 Å². The molecule has 0 bridgehead atoms. The highest BCUT2D eigenvalue weighted by atomic mass is 15.0. The number of rotatable bonds is 10. The first kappa shape index (κ1) is 44.1. The summed E-state index contributed by atoms with van der Waals surface area (Å²) in [5.41, 5.74) is 13.6. The van der Waals surface area contributed by atoms with E-state index in [0.29, 0.717) is 34.9 Å². The molecule has 14 rings (SSSR count). The minimum absolute atomic E-state index is 0.571. The first-order valence-corrected chi connectivity index (χ1v) is 24.9. The van der Waals surface area contributed by atoms with Crippen molar-refractivity contribution in [3.8, 4) is 113 Å². The van der Waals surface area contributed by atoms with E-state index < -0.39 is 0 Å². The zero-order valence-corrected chi connectivity index (χ0v) is 40.6. The van der Waals surface area contributed by atoms with Crippen LogP contribution in [0.15, 0.2) is 244 Å². The average Bonchev–Trinajstić information content (AvgIpc) is 3.59. The Morgan fingerprint density at radius 2 is 0.447 bits per heavy atom. The van der Waals surface area contributed by atoms with Gasteiger partial charge >= 0.3 is 0 Å². The van der Waals surface area contributed by atoms with Gasteiger partial charge in [-0.1, -0.05) is 158 Å². The van der Waals surface area contributed by atoms with Crippen molar-refractivity contribution in [1.82, 2.24) is 49.8 Å². The highest BCUT2D eigenvalue weighted by molar-refractivity contribution is 6.27. The highest BCUT2D eigenvalue weighted by Crippen LogP contribution is 2.43. The number of hydrogen-bond donors (Lipinski definition) is 0. The summed E-state index contributed by atoms with van der Waals surface area (Å²) >= 11 is 0. The van der Waals surface area contributed by atoms with E-state index in [1.165, 1.54) is 0 Å². The molecule has 0 unspecified atom stereocenters. The zero-order chi connectivity index (χ0) is 50.4. The fourth-order valence-corrected chi connectivity index (χ4v) is 10.1. The molecule has 8 aromatic carbocycles. The molecule has 0 amide bonds. The Hall–Kier alpha value is -10.6. The molecule has 0 saturated carbocycles. The van der Waals surface area contributed by atoms with E-state index >= 15 is 0 Å². The van der Waals surface area contributed by atoms with Gasteiger partial charge in [0.15, 0.2) is 34.9 Å². The molecular weight excluding hydrogens is 933 g/mol. The van der Waals surface area contributed by atoms with Crippen LogP contribution in [-0.4, -0.2) is 49.8 Å². The zero-order valence-electron chi connectivity index (χ0n) is 40.6. The second-order valence-electron chi connectivity index (χ2n) is 18.5. The van der Waals surface area contributed by atoms with Crippen LogP contribution in [0.4, 0.5) is 0 Å². The predicted molar refractivity (Wildman–Crippen MR) is 302 cm³/mol. The molecule has 0 radical (unpaired) electrons. The molecule has 6 heterocycles. The van der Waals surface area contributed by atoms with Gasteiger partial charge in [0, 0.05) is 83.0 Å². The van der Waals surface area contributed by atoms with Crippen molar-refractivity contribution >= 4 is 32.3 Å². The van der Waals surface area contributed by atoms with Crippen LogP contribution in [-0.2, 0) is 0 Å². The van der Waals surface area contributed by atoms with Gasteiger partial charge in [-0.05, 0) is 113 Å². The molecule has 0 aliphatic rings. The van der Waals surface area contributed by atoms with Crippen molar-refractivity contribution in [3.05, 3.63) is 244 Å². The fourth-order valence-electron chi connectivity index (χ4n) is 10.1. The SMILES string of the molecule is c1cncc(-c2ccc(-c3nc(-c4ccc(-c5cccnc5)cc4)nc(-c4ccc5ccc6c(-c7nc(-c8ccc(-c9cccnc9)cc8)nc(-c8ccc(-c9cccnc9)cc8)n7)ccc7ccc4c5c76)n3)cc2)c1. The van der Waals surface area contributed by atoms with Crippen LogP contribution in [0.2, 0.25) is 0 Å². The lowest BCUT2D eigenvalue weighted by atomic mass is 9.89. The first-order valence-electron chi connectivity index (χ1n) is 24.9. The summed E-state index contributed by atoms with van der Waals surface area (Å²) in [6.07, 6.45) is 14.6. The summed E-state index contributed by atoms with van der Waals surface area (Å²) in [6.45, 7) is 0. The van der Waals surface area contributed by atoms with Crippen molar-refractivity contribution in [1.29, 1.82) is 0 Å². The quantitative estimate of drug-likeness (QED) is 0.122. The number of hydrogen-bond acceptors (Lipinski definition) is 10. The highest BCUT2D eigenvalue weighted by Gasteiger charge is 2.21. The number of pyridine rings is 4. The van der Waals surface area contributed by atoms with Gasteiger partial charge in [-0.2, -0.15) is 0 Å². The molecule has 0 spiro atoms.